The van der Waals surface area contributed by atoms with E-state index in [1.54, 1.807) is 0 Å². The molecule has 0 bridgehead atoms. The average Bonchev–Trinajstić information content (AvgIpc) is 3.18. The molecule has 2 saturated heterocycles. The van der Waals surface area contributed by atoms with Gasteiger partial charge in [-0.25, -0.2) is 0 Å². The molecule has 2 atom stereocenters. The molecule has 2 aliphatic heterocycles. The molecular formula is C25H31N3O3. The molecule has 2 fully saturated rings. The van der Waals surface area contributed by atoms with E-state index >= 15 is 0 Å². The summed E-state index contributed by atoms with van der Waals surface area (Å²) >= 11 is 0. The summed E-state index contributed by atoms with van der Waals surface area (Å²) in [4.78, 5) is 28.6. The summed E-state index contributed by atoms with van der Waals surface area (Å²) < 4.78 is 0. The number of hydrogen-bond acceptors (Lipinski definition) is 4. The fraction of sp³-hybridized carbons (Fsp3) is 0.440. The molecule has 164 valence electrons. The molecule has 2 unspecified atom stereocenters. The molecule has 2 heterocycles. The van der Waals surface area contributed by atoms with Crippen molar-refractivity contribution in [3.8, 4) is 11.1 Å². The van der Waals surface area contributed by atoms with E-state index in [-0.39, 0.29) is 18.2 Å². The number of aliphatic hydroxyl groups is 1. The van der Waals surface area contributed by atoms with Gasteiger partial charge < -0.3 is 15.7 Å². The minimum atomic E-state index is -1.83. The van der Waals surface area contributed by atoms with Gasteiger partial charge in [-0.05, 0) is 55.0 Å². The van der Waals surface area contributed by atoms with Crippen LogP contribution in [0.15, 0.2) is 48.5 Å². The van der Waals surface area contributed by atoms with E-state index in [1.165, 1.54) is 27.2 Å². The average molecular weight is 422 g/mol. The van der Waals surface area contributed by atoms with Gasteiger partial charge in [0.05, 0.1) is 5.92 Å². The number of likely N-dealkylation sites (tertiary alicyclic amines) is 2. The van der Waals surface area contributed by atoms with Gasteiger partial charge in [0.15, 0.2) is 0 Å². The van der Waals surface area contributed by atoms with Gasteiger partial charge in [-0.3, -0.25) is 14.5 Å². The maximum absolute atomic E-state index is 13.2. The van der Waals surface area contributed by atoms with E-state index in [2.05, 4.69) is 42.2 Å². The van der Waals surface area contributed by atoms with Gasteiger partial charge in [0.1, 0.15) is 0 Å². The topological polar surface area (TPSA) is 86.9 Å². The molecule has 6 heteroatoms. The predicted octanol–water partition coefficient (Wildman–Crippen LogP) is 2.67. The minimum Gasteiger partial charge on any atom is -0.365 e. The van der Waals surface area contributed by atoms with Gasteiger partial charge in [-0.2, -0.15) is 0 Å². The first kappa shape index (κ1) is 21.5. The summed E-state index contributed by atoms with van der Waals surface area (Å²) in [7, 11) is 0. The molecule has 0 spiro atoms. The number of amides is 2. The van der Waals surface area contributed by atoms with E-state index < -0.39 is 11.6 Å². The van der Waals surface area contributed by atoms with Crippen LogP contribution in [-0.4, -0.2) is 52.1 Å². The number of hydrogen-bond donors (Lipinski definition) is 2. The molecule has 2 aliphatic rings. The Kier molecular flexibility index (Phi) is 6.12. The normalized spacial score (nSPS) is 24.3. The van der Waals surface area contributed by atoms with Gasteiger partial charge in [0.2, 0.25) is 11.6 Å². The molecule has 2 amide bonds. The summed E-state index contributed by atoms with van der Waals surface area (Å²) in [5, 5.41) is 10.6. The first-order chi connectivity index (χ1) is 14.9. The summed E-state index contributed by atoms with van der Waals surface area (Å²) in [6.07, 6.45) is 2.49. The van der Waals surface area contributed by atoms with Crippen LogP contribution in [0, 0.1) is 12.8 Å². The maximum atomic E-state index is 13.2. The van der Waals surface area contributed by atoms with Crippen LogP contribution in [0.2, 0.25) is 0 Å². The first-order valence-electron chi connectivity index (χ1n) is 11.1. The van der Waals surface area contributed by atoms with Crippen molar-refractivity contribution < 1.29 is 14.7 Å². The zero-order valence-corrected chi connectivity index (χ0v) is 18.1. The van der Waals surface area contributed by atoms with Crippen molar-refractivity contribution in [2.45, 2.75) is 44.9 Å². The second-order valence-corrected chi connectivity index (χ2v) is 8.80. The van der Waals surface area contributed by atoms with E-state index in [0.717, 1.165) is 25.9 Å². The van der Waals surface area contributed by atoms with Crippen LogP contribution in [0.25, 0.3) is 11.1 Å². The lowest BCUT2D eigenvalue weighted by Crippen LogP contribution is -2.58. The molecule has 6 nitrogen and oxygen atoms in total. The number of benzene rings is 2. The van der Waals surface area contributed by atoms with Crippen molar-refractivity contribution in [2.75, 3.05) is 19.6 Å². The summed E-state index contributed by atoms with van der Waals surface area (Å²) in [5.41, 5.74) is 8.51. The first-order valence-corrected chi connectivity index (χ1v) is 11.1. The molecule has 2 aromatic carbocycles. The third-order valence-electron chi connectivity index (χ3n) is 6.79. The van der Waals surface area contributed by atoms with Crippen LogP contribution in [-0.2, 0) is 16.1 Å². The van der Waals surface area contributed by atoms with E-state index in [0.29, 0.717) is 19.5 Å². The molecule has 0 aliphatic carbocycles. The highest BCUT2D eigenvalue weighted by molar-refractivity contribution is 5.90. The number of carbonyl (C=O) groups excluding carboxylic acids is 2. The third-order valence-corrected chi connectivity index (χ3v) is 6.79. The molecule has 0 radical (unpaired) electrons. The number of primary amides is 1. The van der Waals surface area contributed by atoms with Crippen molar-refractivity contribution in [3.63, 3.8) is 0 Å². The molecule has 31 heavy (non-hydrogen) atoms. The quantitative estimate of drug-likeness (QED) is 0.777. The van der Waals surface area contributed by atoms with Crippen LogP contribution in [0.3, 0.4) is 0 Å². The number of nitrogens with two attached hydrogens (primary N) is 1. The Labute approximate surface area is 183 Å². The second kappa shape index (κ2) is 8.81. The SMILES string of the molecule is Cc1c(CN2CCCC(C(=O)N3CCCC3(O)C(N)=O)C2)cccc1-c1ccccc1. The fourth-order valence-electron chi connectivity index (χ4n) is 5.00. The summed E-state index contributed by atoms with van der Waals surface area (Å²) in [6, 6.07) is 16.8. The van der Waals surface area contributed by atoms with Crippen molar-refractivity contribution in [2.24, 2.45) is 11.7 Å². The minimum absolute atomic E-state index is 0.154. The number of nitrogens with zero attached hydrogens (tertiary/aromatic N) is 2. The van der Waals surface area contributed by atoms with E-state index in [1.807, 2.05) is 18.2 Å². The fourth-order valence-corrected chi connectivity index (χ4v) is 5.00. The highest BCUT2D eigenvalue weighted by atomic mass is 16.3. The van der Waals surface area contributed by atoms with Crippen molar-refractivity contribution in [1.82, 2.24) is 9.80 Å². The molecular weight excluding hydrogens is 390 g/mol. The Morgan fingerprint density at radius 1 is 1.10 bits per heavy atom. The van der Waals surface area contributed by atoms with Crippen molar-refractivity contribution in [3.05, 3.63) is 59.7 Å². The Bertz CT molecular complexity index is 962. The molecule has 3 N–H and O–H groups in total. The largest absolute Gasteiger partial charge is 0.365 e. The molecule has 0 aromatic heterocycles. The van der Waals surface area contributed by atoms with Gasteiger partial charge in [0.25, 0.3) is 5.91 Å². The van der Waals surface area contributed by atoms with Crippen LogP contribution in [0.5, 0.6) is 0 Å². The van der Waals surface area contributed by atoms with Crippen molar-refractivity contribution >= 4 is 11.8 Å². The highest BCUT2D eigenvalue weighted by Gasteiger charge is 2.48. The van der Waals surface area contributed by atoms with Crippen LogP contribution in [0.1, 0.15) is 36.8 Å². The summed E-state index contributed by atoms with van der Waals surface area (Å²) in [5.74, 6) is -1.21. The standard InChI is InChI=1S/C25H31N3O3/c1-18-20(10-5-12-22(18)19-8-3-2-4-9-19)16-27-14-6-11-21(17-27)23(29)28-15-7-13-25(28,31)24(26)30/h2-5,8-10,12,21,31H,6-7,11,13-17H2,1H3,(H2,26,30). The summed E-state index contributed by atoms with van der Waals surface area (Å²) in [6.45, 7) is 4.86. The Hall–Kier alpha value is -2.70. The van der Waals surface area contributed by atoms with Gasteiger partial charge in [-0.15, -0.1) is 0 Å². The van der Waals surface area contributed by atoms with Crippen LogP contribution >= 0.6 is 0 Å². The Morgan fingerprint density at radius 3 is 2.61 bits per heavy atom. The Balaban J connectivity index is 1.48. The van der Waals surface area contributed by atoms with Crippen molar-refractivity contribution in [1.29, 1.82) is 0 Å². The van der Waals surface area contributed by atoms with Gasteiger partial charge in [0, 0.05) is 26.1 Å². The third kappa shape index (κ3) is 4.23. The number of piperidine rings is 1. The number of carbonyl (C=O) groups is 2. The van der Waals surface area contributed by atoms with Gasteiger partial charge in [-0.1, -0.05) is 48.5 Å². The monoisotopic (exact) mass is 421 g/mol. The zero-order valence-electron chi connectivity index (χ0n) is 18.1. The molecule has 2 aromatic rings. The lowest BCUT2D eigenvalue weighted by Gasteiger charge is -2.37. The van der Waals surface area contributed by atoms with E-state index in [9.17, 15) is 14.7 Å². The van der Waals surface area contributed by atoms with E-state index in [4.69, 9.17) is 5.73 Å². The molecule has 0 saturated carbocycles. The van der Waals surface area contributed by atoms with Crippen LogP contribution in [0.4, 0.5) is 0 Å². The Morgan fingerprint density at radius 2 is 1.87 bits per heavy atom. The predicted molar refractivity (Wildman–Crippen MR) is 120 cm³/mol. The lowest BCUT2D eigenvalue weighted by atomic mass is 9.93. The van der Waals surface area contributed by atoms with Crippen LogP contribution < -0.4 is 5.73 Å². The molecule has 4 rings (SSSR count). The highest BCUT2D eigenvalue weighted by Crippen LogP contribution is 2.31. The second-order valence-electron chi connectivity index (χ2n) is 8.80. The lowest BCUT2D eigenvalue weighted by molar-refractivity contribution is -0.169. The maximum Gasteiger partial charge on any atom is 0.270 e. The zero-order chi connectivity index (χ0) is 22.0. The number of rotatable bonds is 5. The van der Waals surface area contributed by atoms with Gasteiger partial charge >= 0.3 is 0 Å². The smallest absolute Gasteiger partial charge is 0.270 e.